The van der Waals surface area contributed by atoms with Crippen LogP contribution in [0.5, 0.6) is 11.5 Å². The molecule has 53 heavy (non-hydrogen) atoms. The molecule has 0 spiro atoms. The third-order valence-corrected chi connectivity index (χ3v) is 13.4. The molecule has 272 valence electrons. The van der Waals surface area contributed by atoms with Gasteiger partial charge >= 0.3 is 29.6 Å². The zero-order valence-corrected chi connectivity index (χ0v) is 32.8. The van der Waals surface area contributed by atoms with Crippen LogP contribution in [0.15, 0.2) is 77.3 Å². The van der Waals surface area contributed by atoms with E-state index < -0.39 is 39.7 Å². The number of nitrogens with zero attached hydrogens (tertiary/aromatic N) is 1. The first-order valence-electron chi connectivity index (χ1n) is 18.2. The Morgan fingerprint density at radius 2 is 1.79 bits per heavy atom. The number of benzene rings is 3. The third kappa shape index (κ3) is 7.40. The number of hydrogen-bond donors (Lipinski definition) is 4. The van der Waals surface area contributed by atoms with Crippen molar-refractivity contribution in [2.45, 2.75) is 81.0 Å². The average Bonchev–Trinajstić information content (AvgIpc) is 3.20. The number of phenolic OH excluding ortho intramolecular Hbond substituents is 1. The molecule has 10 atom stereocenters. The number of aliphatic hydroxyl groups excluding tert-OH is 1. The van der Waals surface area contributed by atoms with Crippen molar-refractivity contribution >= 4 is 16.1 Å². The zero-order valence-electron chi connectivity index (χ0n) is 30.0. The molecule has 5 aliphatic heterocycles. The fourth-order valence-corrected chi connectivity index (χ4v) is 10.7. The standard InChI is InChI=1S/C41H45N3O7S.Na/c1-22-5-6-26-17-31-12-14-32(26)34(22)20-37(52(47,48)49)35-18-29-15-28(38(35)23-7-9-24(10-8-23)40(50-31)44-41(42)43)19-36-27(21-45)4-2-3-25-16-30(46)11-13-33(25)39(29)51-36;/h7-14,16-18,22,27-28,34-40,45-46H,4-6,15,19-21H2,1H3,(H4,42,43,44)(H,47,48,49);/q;+1/p-1. The second-order valence-electron chi connectivity index (χ2n) is 15.3. The van der Waals surface area contributed by atoms with Crippen LogP contribution in [0.2, 0.25) is 0 Å². The van der Waals surface area contributed by atoms with E-state index in [0.717, 1.165) is 46.2 Å². The molecule has 3 aromatic rings. The van der Waals surface area contributed by atoms with E-state index in [4.69, 9.17) is 20.9 Å². The largest absolute Gasteiger partial charge is 1.00 e. The second-order valence-corrected chi connectivity index (χ2v) is 16.9. The van der Waals surface area contributed by atoms with Crippen LogP contribution in [-0.2, 0) is 21.3 Å². The number of aryl methyl sites for hydroxylation is 1. The van der Waals surface area contributed by atoms with Crippen LogP contribution >= 0.6 is 0 Å². The number of phenols is 1. The van der Waals surface area contributed by atoms with Crippen LogP contribution in [0, 0.1) is 35.5 Å². The van der Waals surface area contributed by atoms with Gasteiger partial charge in [-0.3, -0.25) is 0 Å². The van der Waals surface area contributed by atoms with Crippen molar-refractivity contribution in [2.75, 3.05) is 6.61 Å². The van der Waals surface area contributed by atoms with Gasteiger partial charge in [0.25, 0.3) is 0 Å². The van der Waals surface area contributed by atoms with Crippen LogP contribution < -0.4 is 45.8 Å². The van der Waals surface area contributed by atoms with Crippen molar-refractivity contribution in [3.05, 3.63) is 106 Å². The molecule has 0 radical (unpaired) electrons. The van der Waals surface area contributed by atoms with Crippen molar-refractivity contribution in [2.24, 2.45) is 40.1 Å². The summed E-state index contributed by atoms with van der Waals surface area (Å²) in [5.74, 6) is 5.53. The number of fused-ring (bicyclic) bond motifs is 9. The van der Waals surface area contributed by atoms with Crippen molar-refractivity contribution < 1.29 is 62.2 Å². The predicted molar refractivity (Wildman–Crippen MR) is 195 cm³/mol. The molecule has 3 aromatic carbocycles. The molecule has 1 saturated heterocycles. The Morgan fingerprint density at radius 1 is 1.04 bits per heavy atom. The Bertz CT molecular complexity index is 2110. The van der Waals surface area contributed by atoms with E-state index in [9.17, 15) is 23.2 Å². The number of nitrogens with two attached hydrogens (primary N) is 2. The second kappa shape index (κ2) is 15.1. The Hall–Kier alpha value is -3.34. The van der Waals surface area contributed by atoms with Crippen molar-refractivity contribution in [3.63, 3.8) is 0 Å². The van der Waals surface area contributed by atoms with Crippen LogP contribution in [0.1, 0.15) is 96.6 Å². The maximum atomic E-state index is 13.7. The molecular formula is C41H44N3NaO7S. The maximum absolute atomic E-state index is 13.7. The topological polar surface area (TPSA) is 181 Å². The molecule has 6 N–H and O–H groups in total. The zero-order chi connectivity index (χ0) is 36.3. The van der Waals surface area contributed by atoms with Gasteiger partial charge in [0.2, 0.25) is 6.23 Å². The first-order valence-corrected chi connectivity index (χ1v) is 19.7. The summed E-state index contributed by atoms with van der Waals surface area (Å²) in [5, 5.41) is 19.8. The molecule has 5 heterocycles. The van der Waals surface area contributed by atoms with Gasteiger partial charge in [0.05, 0.1) is 21.5 Å². The molecule has 7 aliphatic rings. The molecule has 0 saturated carbocycles. The van der Waals surface area contributed by atoms with Gasteiger partial charge in [-0.1, -0.05) is 61.2 Å². The number of hydrogen-bond acceptors (Lipinski definition) is 8. The van der Waals surface area contributed by atoms with E-state index in [1.54, 1.807) is 12.1 Å². The summed E-state index contributed by atoms with van der Waals surface area (Å²) in [5.41, 5.74) is 17.7. The monoisotopic (exact) mass is 745 g/mol. The van der Waals surface area contributed by atoms with Crippen LogP contribution in [0.3, 0.4) is 0 Å². The van der Waals surface area contributed by atoms with E-state index in [2.05, 4.69) is 23.8 Å². The summed E-state index contributed by atoms with van der Waals surface area (Å²) in [6, 6.07) is 18.7. The van der Waals surface area contributed by atoms with E-state index in [1.807, 2.05) is 54.6 Å². The Morgan fingerprint density at radius 3 is 2.53 bits per heavy atom. The third-order valence-electron chi connectivity index (χ3n) is 12.2. The minimum Gasteiger partial charge on any atom is -0.748 e. The minimum absolute atomic E-state index is 0. The minimum atomic E-state index is -4.82. The van der Waals surface area contributed by atoms with E-state index in [-0.39, 0.29) is 83.9 Å². The SMILES string of the molecule is CC1CCc2cc3ccc2C1CC(S(=O)(=O)[O-])C1C=C2CC(CC4OC2c2ccc(O)cc2C#CCC4CO)C1c1ccc(cc1)C(N=C(N)N)O3.[Na+]. The fraction of sp³-hybridized carbons (Fsp3) is 0.439. The number of ether oxygens (including phenoxy) is 2. The summed E-state index contributed by atoms with van der Waals surface area (Å²) in [6.07, 6.45) is 3.56. The van der Waals surface area contributed by atoms with E-state index >= 15 is 0 Å². The van der Waals surface area contributed by atoms with Crippen molar-refractivity contribution in [1.29, 1.82) is 0 Å². The molecule has 12 heteroatoms. The van der Waals surface area contributed by atoms with Crippen LogP contribution in [-0.4, -0.2) is 47.1 Å². The van der Waals surface area contributed by atoms with Crippen molar-refractivity contribution in [3.8, 4) is 23.3 Å². The fourth-order valence-electron chi connectivity index (χ4n) is 9.60. The first-order chi connectivity index (χ1) is 25.0. The number of rotatable bonds is 3. The molecule has 10 unspecified atom stereocenters. The molecule has 10 rings (SSSR count). The Kier molecular flexibility index (Phi) is 10.8. The quantitative estimate of drug-likeness (QED) is 0.0782. The number of aromatic hydroxyl groups is 1. The van der Waals surface area contributed by atoms with Gasteiger partial charge in [0.1, 0.15) is 17.6 Å². The first kappa shape index (κ1) is 38.0. The molecular weight excluding hydrogens is 702 g/mol. The van der Waals surface area contributed by atoms with Gasteiger partial charge in [-0.05, 0) is 108 Å². The van der Waals surface area contributed by atoms with Crippen molar-refractivity contribution in [1.82, 2.24) is 0 Å². The Labute approximate surface area is 333 Å². The smallest absolute Gasteiger partial charge is 0.748 e. The van der Waals surface area contributed by atoms with Crippen LogP contribution in [0.25, 0.3) is 0 Å². The van der Waals surface area contributed by atoms with Gasteiger partial charge in [-0.15, -0.1) is 0 Å². The van der Waals surface area contributed by atoms with E-state index in [1.165, 1.54) is 0 Å². The number of aliphatic hydroxyl groups is 1. The maximum Gasteiger partial charge on any atom is 1.00 e. The predicted octanol–water partition coefficient (Wildman–Crippen LogP) is 2.27. The van der Waals surface area contributed by atoms with Gasteiger partial charge in [0, 0.05) is 35.6 Å². The van der Waals surface area contributed by atoms with Gasteiger partial charge in [-0.25, -0.2) is 13.4 Å². The number of allylic oxidation sites excluding steroid dienone is 1. The number of guanidine groups is 1. The van der Waals surface area contributed by atoms with E-state index in [0.29, 0.717) is 30.6 Å². The summed E-state index contributed by atoms with van der Waals surface area (Å²) in [4.78, 5) is 4.41. The molecule has 0 aromatic heterocycles. The van der Waals surface area contributed by atoms with Gasteiger partial charge in [-0.2, -0.15) is 0 Å². The Balaban J connectivity index is 0.00000435. The molecule has 0 amide bonds. The molecule has 10 bridgehead atoms. The molecule has 10 nitrogen and oxygen atoms in total. The summed E-state index contributed by atoms with van der Waals surface area (Å²) in [6.45, 7) is 2.01. The van der Waals surface area contributed by atoms with Gasteiger partial charge < -0.3 is 35.7 Å². The molecule has 2 aliphatic carbocycles. The molecule has 1 fully saturated rings. The summed E-state index contributed by atoms with van der Waals surface area (Å²) >= 11 is 0. The summed E-state index contributed by atoms with van der Waals surface area (Å²) in [7, 11) is -4.82. The summed E-state index contributed by atoms with van der Waals surface area (Å²) < 4.78 is 54.5. The van der Waals surface area contributed by atoms with Crippen LogP contribution in [0.4, 0.5) is 0 Å². The van der Waals surface area contributed by atoms with Gasteiger partial charge in [0.15, 0.2) is 5.96 Å². The number of aliphatic imine (C=N–C) groups is 1. The normalized spacial score (nSPS) is 31.3. The average molecular weight is 746 g/mol.